The number of nitrogens with one attached hydrogen (secondary N) is 2. The van der Waals surface area contributed by atoms with Gasteiger partial charge in [0.2, 0.25) is 0 Å². The minimum Gasteiger partial charge on any atom is -0.496 e. The molecular weight excluding hydrogens is 236 g/mol. The van der Waals surface area contributed by atoms with Crippen molar-refractivity contribution in [1.29, 1.82) is 0 Å². The van der Waals surface area contributed by atoms with Crippen molar-refractivity contribution in [3.63, 3.8) is 0 Å². The van der Waals surface area contributed by atoms with E-state index >= 15 is 0 Å². The summed E-state index contributed by atoms with van der Waals surface area (Å²) in [4.78, 5) is 33.9. The van der Waals surface area contributed by atoms with E-state index in [9.17, 15) is 14.4 Å². The van der Waals surface area contributed by atoms with Gasteiger partial charge in [0.1, 0.15) is 11.3 Å². The molecule has 2 rings (SSSR count). The van der Waals surface area contributed by atoms with Crippen LogP contribution in [0.2, 0.25) is 0 Å². The summed E-state index contributed by atoms with van der Waals surface area (Å²) in [6.07, 6.45) is 1.37. The Labute approximate surface area is 103 Å². The van der Waals surface area contributed by atoms with Crippen molar-refractivity contribution in [3.05, 3.63) is 35.4 Å². The second-order valence-electron chi connectivity index (χ2n) is 3.54. The average Bonchev–Trinajstić information content (AvgIpc) is 2.34. The molecule has 1 aromatic rings. The highest BCUT2D eigenvalue weighted by Crippen LogP contribution is 2.20. The van der Waals surface area contributed by atoms with Crippen molar-refractivity contribution in [2.75, 3.05) is 7.11 Å². The van der Waals surface area contributed by atoms with E-state index in [4.69, 9.17) is 4.74 Å². The van der Waals surface area contributed by atoms with Crippen LogP contribution >= 0.6 is 0 Å². The van der Waals surface area contributed by atoms with Gasteiger partial charge in [-0.3, -0.25) is 20.2 Å². The number of amides is 4. The van der Waals surface area contributed by atoms with Crippen molar-refractivity contribution in [2.24, 2.45) is 0 Å². The predicted molar refractivity (Wildman–Crippen MR) is 62.7 cm³/mol. The molecule has 0 unspecified atom stereocenters. The number of imide groups is 2. The van der Waals surface area contributed by atoms with Gasteiger partial charge in [-0.05, 0) is 12.1 Å². The van der Waals surface area contributed by atoms with Crippen LogP contribution in [0.5, 0.6) is 5.75 Å². The summed E-state index contributed by atoms with van der Waals surface area (Å²) in [7, 11) is 1.49. The molecule has 1 aliphatic rings. The van der Waals surface area contributed by atoms with Gasteiger partial charge in [0.15, 0.2) is 0 Å². The largest absolute Gasteiger partial charge is 0.496 e. The average molecular weight is 246 g/mol. The van der Waals surface area contributed by atoms with Gasteiger partial charge in [0.25, 0.3) is 11.8 Å². The maximum absolute atomic E-state index is 11.5. The fourth-order valence-electron chi connectivity index (χ4n) is 1.55. The molecule has 0 saturated carbocycles. The Morgan fingerprint density at radius 2 is 1.67 bits per heavy atom. The van der Waals surface area contributed by atoms with Crippen LogP contribution in [-0.2, 0) is 9.59 Å². The molecule has 2 N–H and O–H groups in total. The molecule has 0 aliphatic carbocycles. The summed E-state index contributed by atoms with van der Waals surface area (Å²) < 4.78 is 5.10. The molecular formula is C12H10N2O4. The van der Waals surface area contributed by atoms with Crippen LogP contribution in [0, 0.1) is 0 Å². The standard InChI is InChI=1S/C12H10N2O4/c1-18-9-5-3-2-4-7(9)6-8-10(15)13-12(17)14-11(8)16/h2-6H,1H3,(H2,13,14,15,16,17). The molecule has 4 amide bonds. The third-order valence-corrected chi connectivity index (χ3v) is 2.38. The van der Waals surface area contributed by atoms with Crippen LogP contribution < -0.4 is 15.4 Å². The monoisotopic (exact) mass is 246 g/mol. The number of hydrogen-bond donors (Lipinski definition) is 2. The van der Waals surface area contributed by atoms with Gasteiger partial charge >= 0.3 is 6.03 Å². The molecule has 1 aromatic carbocycles. The number of hydrogen-bond acceptors (Lipinski definition) is 4. The summed E-state index contributed by atoms with van der Waals surface area (Å²) in [5.74, 6) is -0.924. The Bertz CT molecular complexity index is 541. The smallest absolute Gasteiger partial charge is 0.328 e. The van der Waals surface area contributed by atoms with Crippen molar-refractivity contribution < 1.29 is 19.1 Å². The van der Waals surface area contributed by atoms with Crippen LogP contribution in [0.15, 0.2) is 29.8 Å². The van der Waals surface area contributed by atoms with E-state index in [1.54, 1.807) is 24.3 Å². The molecule has 92 valence electrons. The van der Waals surface area contributed by atoms with Crippen LogP contribution in [0.3, 0.4) is 0 Å². The van der Waals surface area contributed by atoms with Gasteiger partial charge in [-0.1, -0.05) is 18.2 Å². The van der Waals surface area contributed by atoms with E-state index in [1.165, 1.54) is 13.2 Å². The van der Waals surface area contributed by atoms with E-state index in [2.05, 4.69) is 0 Å². The molecule has 1 fully saturated rings. The Balaban J connectivity index is 2.40. The van der Waals surface area contributed by atoms with Gasteiger partial charge < -0.3 is 4.74 Å². The quantitative estimate of drug-likeness (QED) is 0.586. The Morgan fingerprint density at radius 1 is 1.06 bits per heavy atom. The lowest BCUT2D eigenvalue weighted by Gasteiger charge is -2.14. The number of barbiturate groups is 1. The molecule has 1 heterocycles. The predicted octanol–water partition coefficient (Wildman–Crippen LogP) is 0.445. The second-order valence-corrected chi connectivity index (χ2v) is 3.54. The van der Waals surface area contributed by atoms with E-state index < -0.39 is 17.8 Å². The molecule has 1 saturated heterocycles. The molecule has 0 spiro atoms. The second kappa shape index (κ2) is 4.70. The highest BCUT2D eigenvalue weighted by atomic mass is 16.5. The van der Waals surface area contributed by atoms with Gasteiger partial charge in [0.05, 0.1) is 7.11 Å². The van der Waals surface area contributed by atoms with Crippen molar-refractivity contribution in [1.82, 2.24) is 10.6 Å². The number of carbonyl (C=O) groups excluding carboxylic acids is 3. The first kappa shape index (κ1) is 11.8. The molecule has 0 atom stereocenters. The van der Waals surface area contributed by atoms with E-state index in [0.29, 0.717) is 11.3 Å². The number of benzene rings is 1. The van der Waals surface area contributed by atoms with Crippen LogP contribution in [0.4, 0.5) is 4.79 Å². The Morgan fingerprint density at radius 3 is 2.28 bits per heavy atom. The Hall–Kier alpha value is -2.63. The number of urea groups is 1. The third-order valence-electron chi connectivity index (χ3n) is 2.38. The topological polar surface area (TPSA) is 84.5 Å². The zero-order valence-corrected chi connectivity index (χ0v) is 9.52. The van der Waals surface area contributed by atoms with E-state index in [0.717, 1.165) is 0 Å². The minimum atomic E-state index is -0.817. The summed E-state index contributed by atoms with van der Waals surface area (Å²) in [6, 6.07) is 6.10. The van der Waals surface area contributed by atoms with Crippen LogP contribution in [0.1, 0.15) is 5.56 Å². The van der Waals surface area contributed by atoms with Crippen LogP contribution in [-0.4, -0.2) is 25.0 Å². The van der Waals surface area contributed by atoms with Crippen molar-refractivity contribution in [2.45, 2.75) is 0 Å². The maximum Gasteiger partial charge on any atom is 0.328 e. The SMILES string of the molecule is COc1ccccc1C=C1C(=O)NC(=O)NC1=O. The lowest BCUT2D eigenvalue weighted by atomic mass is 10.1. The molecule has 0 aromatic heterocycles. The molecule has 0 bridgehead atoms. The van der Waals surface area contributed by atoms with E-state index in [-0.39, 0.29) is 5.57 Å². The highest BCUT2D eigenvalue weighted by Gasteiger charge is 2.27. The number of ether oxygens (including phenoxy) is 1. The summed E-state index contributed by atoms with van der Waals surface area (Å²) in [6.45, 7) is 0. The Kier molecular flexibility index (Phi) is 3.09. The van der Waals surface area contributed by atoms with Crippen molar-refractivity contribution >= 4 is 23.9 Å². The van der Waals surface area contributed by atoms with Crippen LogP contribution in [0.25, 0.3) is 6.08 Å². The number of carbonyl (C=O) groups is 3. The summed E-state index contributed by atoms with van der Waals surface area (Å²) in [5, 5.41) is 4.00. The third kappa shape index (κ3) is 2.22. The minimum absolute atomic E-state index is 0.140. The van der Waals surface area contributed by atoms with Crippen molar-refractivity contribution in [3.8, 4) is 5.75 Å². The van der Waals surface area contributed by atoms with Gasteiger partial charge in [0, 0.05) is 5.56 Å². The van der Waals surface area contributed by atoms with Gasteiger partial charge in [-0.15, -0.1) is 0 Å². The first-order valence-corrected chi connectivity index (χ1v) is 5.13. The molecule has 0 radical (unpaired) electrons. The number of rotatable bonds is 2. The normalized spacial score (nSPS) is 14.9. The number of methoxy groups -OCH3 is 1. The first-order chi connectivity index (χ1) is 8.61. The molecule has 6 heteroatoms. The van der Waals surface area contributed by atoms with Gasteiger partial charge in [-0.2, -0.15) is 0 Å². The van der Waals surface area contributed by atoms with E-state index in [1.807, 2.05) is 10.6 Å². The fourth-order valence-corrected chi connectivity index (χ4v) is 1.55. The summed E-state index contributed by atoms with van der Waals surface area (Å²) in [5.41, 5.74) is 0.439. The molecule has 6 nitrogen and oxygen atoms in total. The highest BCUT2D eigenvalue weighted by molar-refractivity contribution is 6.31. The fraction of sp³-hybridized carbons (Fsp3) is 0.0833. The zero-order chi connectivity index (χ0) is 13.1. The zero-order valence-electron chi connectivity index (χ0n) is 9.52. The summed E-state index contributed by atoms with van der Waals surface area (Å²) >= 11 is 0. The van der Waals surface area contributed by atoms with Gasteiger partial charge in [-0.25, -0.2) is 4.79 Å². The molecule has 18 heavy (non-hydrogen) atoms. The number of para-hydroxylation sites is 1. The lowest BCUT2D eigenvalue weighted by Crippen LogP contribution is -2.51. The lowest BCUT2D eigenvalue weighted by molar-refractivity contribution is -0.123. The first-order valence-electron chi connectivity index (χ1n) is 5.13. The maximum atomic E-state index is 11.5. The molecule has 1 aliphatic heterocycles.